The number of hydrogen-bond acceptors (Lipinski definition) is 6. The lowest BCUT2D eigenvalue weighted by Gasteiger charge is -2.25. The van der Waals surface area contributed by atoms with Crippen LogP contribution >= 0.6 is 0 Å². The number of nitrogens with zero attached hydrogens (tertiary/aromatic N) is 2. The topological polar surface area (TPSA) is 89.0 Å². The van der Waals surface area contributed by atoms with E-state index in [4.69, 9.17) is 9.47 Å². The third kappa shape index (κ3) is 4.77. The SMILES string of the molecule is COCCN1C(=O)C(=O)/C(=C(/O)c2ccc(OCC(C)C)cc2C)[C@@H]1c1ccncc1. The first-order valence-corrected chi connectivity index (χ1v) is 10.3. The molecule has 0 bridgehead atoms. The third-order valence-electron chi connectivity index (χ3n) is 5.13. The molecule has 0 radical (unpaired) electrons. The van der Waals surface area contributed by atoms with Crippen molar-refractivity contribution >= 4 is 17.4 Å². The van der Waals surface area contributed by atoms with Gasteiger partial charge in [0.25, 0.3) is 11.7 Å². The van der Waals surface area contributed by atoms with Crippen molar-refractivity contribution < 1.29 is 24.2 Å². The number of aliphatic hydroxyl groups excluding tert-OH is 1. The van der Waals surface area contributed by atoms with E-state index in [-0.39, 0.29) is 24.5 Å². The Morgan fingerprint density at radius 3 is 2.52 bits per heavy atom. The number of ketones is 1. The van der Waals surface area contributed by atoms with Crippen molar-refractivity contribution in [3.8, 4) is 5.75 Å². The number of aromatic nitrogens is 1. The number of carbonyl (C=O) groups is 2. The van der Waals surface area contributed by atoms with Crippen LogP contribution < -0.4 is 4.74 Å². The van der Waals surface area contributed by atoms with Crippen molar-refractivity contribution in [2.45, 2.75) is 26.8 Å². The summed E-state index contributed by atoms with van der Waals surface area (Å²) in [4.78, 5) is 31.2. The minimum absolute atomic E-state index is 0.0613. The maximum atomic E-state index is 12.9. The number of hydrogen-bond donors (Lipinski definition) is 1. The second kappa shape index (κ2) is 9.75. The number of rotatable bonds is 8. The van der Waals surface area contributed by atoms with Gasteiger partial charge < -0.3 is 19.5 Å². The maximum Gasteiger partial charge on any atom is 0.295 e. The van der Waals surface area contributed by atoms with Crippen LogP contribution in [0.4, 0.5) is 0 Å². The number of likely N-dealkylation sites (tertiary alicyclic amines) is 1. The second-order valence-electron chi connectivity index (χ2n) is 7.95. The first-order chi connectivity index (χ1) is 14.8. The molecule has 1 atom stereocenters. The van der Waals surface area contributed by atoms with Gasteiger partial charge in [-0.3, -0.25) is 14.6 Å². The Hall–Kier alpha value is -3.19. The number of Topliss-reactive ketones (excluding diaryl/α,β-unsaturated/α-hetero) is 1. The van der Waals surface area contributed by atoms with Gasteiger partial charge >= 0.3 is 0 Å². The second-order valence-corrected chi connectivity index (χ2v) is 7.95. The first kappa shape index (κ1) is 22.5. The monoisotopic (exact) mass is 424 g/mol. The average Bonchev–Trinajstić information content (AvgIpc) is 3.01. The predicted octanol–water partition coefficient (Wildman–Crippen LogP) is 3.49. The molecule has 2 heterocycles. The van der Waals surface area contributed by atoms with Crippen LogP contribution in [-0.2, 0) is 14.3 Å². The van der Waals surface area contributed by atoms with Crippen LogP contribution in [0.15, 0.2) is 48.3 Å². The predicted molar refractivity (Wildman–Crippen MR) is 117 cm³/mol. The van der Waals surface area contributed by atoms with Crippen molar-refractivity contribution in [1.82, 2.24) is 9.88 Å². The number of carbonyl (C=O) groups excluding carboxylic acids is 2. The quantitative estimate of drug-likeness (QED) is 0.396. The van der Waals surface area contributed by atoms with Crippen molar-refractivity contribution in [3.05, 3.63) is 65.0 Å². The smallest absolute Gasteiger partial charge is 0.295 e. The fourth-order valence-electron chi connectivity index (χ4n) is 3.59. The van der Waals surface area contributed by atoms with E-state index in [0.717, 1.165) is 5.56 Å². The van der Waals surface area contributed by atoms with E-state index in [1.807, 2.05) is 13.0 Å². The standard InChI is InChI=1S/C24H28N2O5/c1-15(2)14-31-18-5-6-19(16(3)13-18)22(27)20-21(17-7-9-25-10-8-17)26(11-12-30-4)24(29)23(20)28/h5-10,13,15,21,27H,11-12,14H2,1-4H3/b22-20+/t21-/m0/s1. The molecule has 7 heteroatoms. The number of aryl methyl sites for hydroxylation is 1. The van der Waals surface area contributed by atoms with Crippen molar-refractivity contribution in [3.63, 3.8) is 0 Å². The number of benzene rings is 1. The molecular formula is C24H28N2O5. The van der Waals surface area contributed by atoms with E-state index in [1.54, 1.807) is 36.7 Å². The Labute approximate surface area is 182 Å². The van der Waals surface area contributed by atoms with E-state index in [9.17, 15) is 14.7 Å². The van der Waals surface area contributed by atoms with Crippen LogP contribution in [-0.4, -0.2) is 53.5 Å². The van der Waals surface area contributed by atoms with E-state index < -0.39 is 17.7 Å². The summed E-state index contributed by atoms with van der Waals surface area (Å²) in [5.74, 6) is -0.497. The summed E-state index contributed by atoms with van der Waals surface area (Å²) in [6, 6.07) is 8.05. The summed E-state index contributed by atoms with van der Waals surface area (Å²) in [7, 11) is 1.53. The van der Waals surface area contributed by atoms with Crippen LogP contribution in [0.25, 0.3) is 5.76 Å². The molecule has 0 spiro atoms. The average molecular weight is 424 g/mol. The highest BCUT2D eigenvalue weighted by Crippen LogP contribution is 2.39. The molecule has 3 rings (SSSR count). The van der Waals surface area contributed by atoms with Crippen LogP contribution in [0.2, 0.25) is 0 Å². The molecule has 2 aromatic rings. The van der Waals surface area contributed by atoms with E-state index in [1.165, 1.54) is 12.0 Å². The van der Waals surface area contributed by atoms with Gasteiger partial charge in [0.05, 0.1) is 24.8 Å². The molecule has 0 unspecified atom stereocenters. The van der Waals surface area contributed by atoms with Gasteiger partial charge in [0.15, 0.2) is 0 Å². The number of ether oxygens (including phenoxy) is 2. The summed E-state index contributed by atoms with van der Waals surface area (Å²) in [5.41, 5.74) is 1.99. The van der Waals surface area contributed by atoms with Gasteiger partial charge in [-0.05, 0) is 54.3 Å². The molecule has 31 heavy (non-hydrogen) atoms. The largest absolute Gasteiger partial charge is 0.507 e. The fraction of sp³-hybridized carbons (Fsp3) is 0.375. The van der Waals surface area contributed by atoms with Gasteiger partial charge in [0.2, 0.25) is 0 Å². The molecule has 1 amide bonds. The van der Waals surface area contributed by atoms with Crippen molar-refractivity contribution in [2.24, 2.45) is 5.92 Å². The summed E-state index contributed by atoms with van der Waals surface area (Å²) >= 11 is 0. The maximum absolute atomic E-state index is 12.9. The summed E-state index contributed by atoms with van der Waals surface area (Å²) in [6.45, 7) is 7.04. The number of aliphatic hydroxyl groups is 1. The Morgan fingerprint density at radius 2 is 1.90 bits per heavy atom. The lowest BCUT2D eigenvalue weighted by atomic mass is 9.94. The minimum atomic E-state index is -0.714. The molecule has 0 saturated carbocycles. The van der Waals surface area contributed by atoms with Gasteiger partial charge in [-0.2, -0.15) is 0 Å². The zero-order valence-electron chi connectivity index (χ0n) is 18.3. The van der Waals surface area contributed by atoms with Crippen LogP contribution in [0.3, 0.4) is 0 Å². The molecule has 1 saturated heterocycles. The van der Waals surface area contributed by atoms with Crippen LogP contribution in [0.1, 0.15) is 36.6 Å². The third-order valence-corrected chi connectivity index (χ3v) is 5.13. The van der Waals surface area contributed by atoms with Crippen LogP contribution in [0.5, 0.6) is 5.75 Å². The van der Waals surface area contributed by atoms with Crippen molar-refractivity contribution in [2.75, 3.05) is 26.9 Å². The Morgan fingerprint density at radius 1 is 1.19 bits per heavy atom. The highest BCUT2D eigenvalue weighted by molar-refractivity contribution is 6.46. The minimum Gasteiger partial charge on any atom is -0.507 e. The highest BCUT2D eigenvalue weighted by Gasteiger charge is 2.45. The van der Waals surface area contributed by atoms with Gasteiger partial charge in [0.1, 0.15) is 11.5 Å². The molecule has 0 aliphatic carbocycles. The molecule has 1 aromatic carbocycles. The molecule has 1 N–H and O–H groups in total. The lowest BCUT2D eigenvalue weighted by molar-refractivity contribution is -0.140. The van der Waals surface area contributed by atoms with Gasteiger partial charge in [-0.25, -0.2) is 0 Å². The molecule has 1 aliphatic heterocycles. The van der Waals surface area contributed by atoms with E-state index in [0.29, 0.717) is 29.4 Å². The summed E-state index contributed by atoms with van der Waals surface area (Å²) < 4.78 is 10.9. The lowest BCUT2D eigenvalue weighted by Crippen LogP contribution is -2.32. The Bertz CT molecular complexity index is 985. The molecule has 1 fully saturated rings. The summed E-state index contributed by atoms with van der Waals surface area (Å²) in [6.07, 6.45) is 3.19. The summed E-state index contributed by atoms with van der Waals surface area (Å²) in [5, 5.41) is 11.2. The number of pyridine rings is 1. The normalized spacial score (nSPS) is 18.1. The highest BCUT2D eigenvalue weighted by atomic mass is 16.5. The van der Waals surface area contributed by atoms with Crippen molar-refractivity contribution in [1.29, 1.82) is 0 Å². The molecule has 1 aliphatic rings. The molecular weight excluding hydrogens is 396 g/mol. The van der Waals surface area contributed by atoms with Crippen LogP contribution in [0, 0.1) is 12.8 Å². The van der Waals surface area contributed by atoms with E-state index >= 15 is 0 Å². The molecule has 164 valence electrons. The van der Waals surface area contributed by atoms with E-state index in [2.05, 4.69) is 18.8 Å². The Balaban J connectivity index is 2.06. The number of amides is 1. The fourth-order valence-corrected chi connectivity index (χ4v) is 3.59. The Kier molecular flexibility index (Phi) is 7.07. The van der Waals surface area contributed by atoms with Gasteiger partial charge in [0, 0.05) is 31.6 Å². The molecule has 1 aromatic heterocycles. The van der Waals surface area contributed by atoms with Gasteiger partial charge in [-0.15, -0.1) is 0 Å². The van der Waals surface area contributed by atoms with Gasteiger partial charge in [-0.1, -0.05) is 13.8 Å². The molecule has 7 nitrogen and oxygen atoms in total. The zero-order chi connectivity index (χ0) is 22.5. The first-order valence-electron chi connectivity index (χ1n) is 10.3. The number of methoxy groups -OCH3 is 1. The zero-order valence-corrected chi connectivity index (χ0v) is 18.3.